The van der Waals surface area contributed by atoms with Gasteiger partial charge < -0.3 is 0 Å². The van der Waals surface area contributed by atoms with Crippen LogP contribution in [0.1, 0.15) is 11.1 Å². The summed E-state index contributed by atoms with van der Waals surface area (Å²) < 4.78 is 0. The topological polar surface area (TPSA) is 0 Å². The Bertz CT molecular complexity index is 993. The monoisotopic (exact) mass is 282 g/mol. The summed E-state index contributed by atoms with van der Waals surface area (Å²) in [6.07, 6.45) is 0. The predicted octanol–water partition coefficient (Wildman–Crippen LogP) is 6.28. The Morgan fingerprint density at radius 3 is 2.09 bits per heavy atom. The van der Waals surface area contributed by atoms with Crippen molar-refractivity contribution in [3.05, 3.63) is 83.9 Å². The maximum atomic E-state index is 2.32. The standard InChI is InChI=1S/C22H18/c1-15-13-22(21-10-6-5-9-20(21)16(15)2)19-12-11-17-7-3-4-8-18(17)14-19/h3-14H,1-2H3. The SMILES string of the molecule is Cc1cc(-c2ccc3ccccc3c2)c2ccccc2c1C. The first kappa shape index (κ1) is 13.1. The first-order chi connectivity index (χ1) is 10.7. The van der Waals surface area contributed by atoms with Gasteiger partial charge in [-0.1, -0.05) is 66.7 Å². The van der Waals surface area contributed by atoms with Crippen molar-refractivity contribution in [3.8, 4) is 11.1 Å². The lowest BCUT2D eigenvalue weighted by Gasteiger charge is -2.13. The summed E-state index contributed by atoms with van der Waals surface area (Å²) in [5, 5.41) is 5.27. The van der Waals surface area contributed by atoms with Crippen LogP contribution in [0.25, 0.3) is 32.7 Å². The van der Waals surface area contributed by atoms with Crippen LogP contribution in [-0.2, 0) is 0 Å². The molecule has 0 saturated heterocycles. The Morgan fingerprint density at radius 1 is 0.591 bits per heavy atom. The smallest absolute Gasteiger partial charge is 0.0102 e. The normalized spacial score (nSPS) is 11.2. The van der Waals surface area contributed by atoms with Crippen molar-refractivity contribution in [2.24, 2.45) is 0 Å². The molecule has 4 aromatic carbocycles. The molecule has 0 heterocycles. The number of rotatable bonds is 1. The van der Waals surface area contributed by atoms with Crippen LogP contribution in [0.5, 0.6) is 0 Å². The van der Waals surface area contributed by atoms with Crippen molar-refractivity contribution in [3.63, 3.8) is 0 Å². The van der Waals surface area contributed by atoms with Crippen LogP contribution in [0.2, 0.25) is 0 Å². The molecule has 0 aliphatic carbocycles. The highest BCUT2D eigenvalue weighted by Gasteiger charge is 2.08. The molecule has 0 nitrogen and oxygen atoms in total. The average molecular weight is 282 g/mol. The maximum absolute atomic E-state index is 2.32. The molecule has 0 radical (unpaired) electrons. The minimum absolute atomic E-state index is 1.29. The average Bonchev–Trinajstić information content (AvgIpc) is 2.58. The molecule has 0 fully saturated rings. The Kier molecular flexibility index (Phi) is 2.97. The lowest BCUT2D eigenvalue weighted by molar-refractivity contribution is 1.38. The molecule has 106 valence electrons. The quantitative estimate of drug-likeness (QED) is 0.385. The van der Waals surface area contributed by atoms with E-state index in [4.69, 9.17) is 0 Å². The molecule has 0 aromatic heterocycles. The molecule has 0 saturated carbocycles. The molecular weight excluding hydrogens is 264 g/mol. The van der Waals surface area contributed by atoms with Crippen LogP contribution >= 0.6 is 0 Å². The van der Waals surface area contributed by atoms with Crippen molar-refractivity contribution in [2.75, 3.05) is 0 Å². The predicted molar refractivity (Wildman–Crippen MR) is 96.4 cm³/mol. The highest BCUT2D eigenvalue weighted by atomic mass is 14.1. The van der Waals surface area contributed by atoms with E-state index in [1.165, 1.54) is 43.8 Å². The van der Waals surface area contributed by atoms with Crippen molar-refractivity contribution < 1.29 is 0 Å². The largest absolute Gasteiger partial charge is 0.0616 e. The van der Waals surface area contributed by atoms with Gasteiger partial charge in [0.1, 0.15) is 0 Å². The molecule has 0 N–H and O–H groups in total. The Hall–Kier alpha value is -2.60. The molecule has 0 bridgehead atoms. The van der Waals surface area contributed by atoms with Gasteiger partial charge in [0.2, 0.25) is 0 Å². The van der Waals surface area contributed by atoms with Gasteiger partial charge in [0.25, 0.3) is 0 Å². The number of aryl methyl sites for hydroxylation is 2. The van der Waals surface area contributed by atoms with Gasteiger partial charge >= 0.3 is 0 Å². The molecule has 0 unspecified atom stereocenters. The van der Waals surface area contributed by atoms with E-state index in [0.29, 0.717) is 0 Å². The molecule has 0 aliphatic heterocycles. The van der Waals surface area contributed by atoms with Gasteiger partial charge in [-0.25, -0.2) is 0 Å². The Morgan fingerprint density at radius 2 is 1.27 bits per heavy atom. The first-order valence-corrected chi connectivity index (χ1v) is 7.72. The fourth-order valence-electron chi connectivity index (χ4n) is 3.26. The highest BCUT2D eigenvalue weighted by molar-refractivity contribution is 6.01. The van der Waals surface area contributed by atoms with Crippen LogP contribution < -0.4 is 0 Å². The second kappa shape index (κ2) is 4.99. The summed E-state index contributed by atoms with van der Waals surface area (Å²) >= 11 is 0. The zero-order valence-corrected chi connectivity index (χ0v) is 12.9. The van der Waals surface area contributed by atoms with Crippen molar-refractivity contribution >= 4 is 21.5 Å². The van der Waals surface area contributed by atoms with E-state index >= 15 is 0 Å². The lowest BCUT2D eigenvalue weighted by atomic mass is 9.91. The van der Waals surface area contributed by atoms with Crippen LogP contribution in [0.4, 0.5) is 0 Å². The van der Waals surface area contributed by atoms with Crippen molar-refractivity contribution in [1.82, 2.24) is 0 Å². The summed E-state index contributed by atoms with van der Waals surface area (Å²) in [5.74, 6) is 0. The molecule has 4 aromatic rings. The number of hydrogen-bond acceptors (Lipinski definition) is 0. The zero-order chi connectivity index (χ0) is 15.1. The Balaban J connectivity index is 2.05. The summed E-state index contributed by atoms with van der Waals surface area (Å²) in [7, 11) is 0. The van der Waals surface area contributed by atoms with E-state index < -0.39 is 0 Å². The van der Waals surface area contributed by atoms with Crippen LogP contribution in [0, 0.1) is 13.8 Å². The summed E-state index contributed by atoms with van der Waals surface area (Å²) in [5.41, 5.74) is 5.34. The van der Waals surface area contributed by atoms with Gasteiger partial charge in [-0.15, -0.1) is 0 Å². The zero-order valence-electron chi connectivity index (χ0n) is 12.9. The van der Waals surface area contributed by atoms with Gasteiger partial charge in [0, 0.05) is 0 Å². The maximum Gasteiger partial charge on any atom is -0.0102 e. The first-order valence-electron chi connectivity index (χ1n) is 7.72. The van der Waals surface area contributed by atoms with E-state index in [2.05, 4.69) is 86.6 Å². The van der Waals surface area contributed by atoms with Gasteiger partial charge in [-0.2, -0.15) is 0 Å². The van der Waals surface area contributed by atoms with Gasteiger partial charge in [0.15, 0.2) is 0 Å². The van der Waals surface area contributed by atoms with E-state index in [1.807, 2.05) is 0 Å². The van der Waals surface area contributed by atoms with Crippen LogP contribution in [0.15, 0.2) is 72.8 Å². The van der Waals surface area contributed by atoms with Crippen LogP contribution in [-0.4, -0.2) is 0 Å². The molecule has 0 heteroatoms. The summed E-state index contributed by atoms with van der Waals surface area (Å²) in [6, 6.07) is 26.3. The van der Waals surface area contributed by atoms with Gasteiger partial charge in [-0.05, 0) is 63.7 Å². The summed E-state index contributed by atoms with van der Waals surface area (Å²) in [6.45, 7) is 4.41. The molecule has 4 rings (SSSR count). The van der Waals surface area contributed by atoms with Gasteiger partial charge in [0.05, 0.1) is 0 Å². The molecule has 0 amide bonds. The molecule has 22 heavy (non-hydrogen) atoms. The van der Waals surface area contributed by atoms with Gasteiger partial charge in [-0.3, -0.25) is 0 Å². The number of fused-ring (bicyclic) bond motifs is 2. The second-order valence-corrected chi connectivity index (χ2v) is 5.97. The summed E-state index contributed by atoms with van der Waals surface area (Å²) in [4.78, 5) is 0. The highest BCUT2D eigenvalue weighted by Crippen LogP contribution is 2.34. The van der Waals surface area contributed by atoms with E-state index in [9.17, 15) is 0 Å². The van der Waals surface area contributed by atoms with E-state index in [0.717, 1.165) is 0 Å². The number of benzene rings is 4. The molecule has 0 spiro atoms. The third-order valence-electron chi connectivity index (χ3n) is 4.63. The third-order valence-corrected chi connectivity index (χ3v) is 4.63. The van der Waals surface area contributed by atoms with E-state index in [-0.39, 0.29) is 0 Å². The van der Waals surface area contributed by atoms with E-state index in [1.54, 1.807) is 0 Å². The fourth-order valence-corrected chi connectivity index (χ4v) is 3.26. The molecule has 0 aliphatic rings. The number of hydrogen-bond donors (Lipinski definition) is 0. The van der Waals surface area contributed by atoms with Crippen molar-refractivity contribution in [2.45, 2.75) is 13.8 Å². The Labute approximate surface area is 131 Å². The van der Waals surface area contributed by atoms with Crippen molar-refractivity contribution in [1.29, 1.82) is 0 Å². The molecule has 0 atom stereocenters. The second-order valence-electron chi connectivity index (χ2n) is 5.97. The minimum Gasteiger partial charge on any atom is -0.0616 e. The molecular formula is C22H18. The lowest BCUT2D eigenvalue weighted by Crippen LogP contribution is -1.89. The fraction of sp³-hybridized carbons (Fsp3) is 0.0909. The minimum atomic E-state index is 1.29. The third kappa shape index (κ3) is 2.00. The van der Waals surface area contributed by atoms with Crippen LogP contribution in [0.3, 0.4) is 0 Å².